The molecule has 0 amide bonds. The fraction of sp³-hybridized carbons (Fsp3) is 0.0667. The summed E-state index contributed by atoms with van der Waals surface area (Å²) < 4.78 is 5.82. The van der Waals surface area contributed by atoms with E-state index in [-0.39, 0.29) is 0 Å². The number of benzene rings is 2. The van der Waals surface area contributed by atoms with Gasteiger partial charge in [-0.25, -0.2) is 4.98 Å². The predicted octanol–water partition coefficient (Wildman–Crippen LogP) is 4.02. The molecule has 5 heteroatoms. The van der Waals surface area contributed by atoms with E-state index in [0.29, 0.717) is 4.32 Å². The second-order valence-corrected chi connectivity index (χ2v) is 5.45. The Balaban J connectivity index is 2.46. The fourth-order valence-electron chi connectivity index (χ4n) is 2.29. The minimum absolute atomic E-state index is 0.422. The highest BCUT2D eigenvalue weighted by molar-refractivity contribution is 8.11. The van der Waals surface area contributed by atoms with Crippen LogP contribution in [0.3, 0.4) is 0 Å². The van der Waals surface area contributed by atoms with Crippen LogP contribution in [-0.2, 0) is 0 Å². The smallest absolute Gasteiger partial charge is 0.145 e. The van der Waals surface area contributed by atoms with E-state index in [0.717, 1.165) is 33.2 Å². The molecule has 1 heterocycles. The summed E-state index contributed by atoms with van der Waals surface area (Å²) in [5.41, 5.74) is 2.60. The summed E-state index contributed by atoms with van der Waals surface area (Å²) in [7, 11) is 1.64. The predicted molar refractivity (Wildman–Crippen MR) is 91.0 cm³/mol. The Hall–Kier alpha value is -1.85. The van der Waals surface area contributed by atoms with Crippen molar-refractivity contribution < 1.29 is 4.74 Å². The number of fused-ring (bicyclic) bond motifs is 2. The van der Waals surface area contributed by atoms with Crippen molar-refractivity contribution in [3.05, 3.63) is 42.5 Å². The van der Waals surface area contributed by atoms with Gasteiger partial charge in [0.2, 0.25) is 0 Å². The molecule has 0 bridgehead atoms. The molecule has 0 spiro atoms. The lowest BCUT2D eigenvalue weighted by Gasteiger charge is -2.13. The fourth-order valence-corrected chi connectivity index (χ4v) is 2.51. The lowest BCUT2D eigenvalue weighted by atomic mass is 10.1. The number of methoxy groups -OCH3 is 1. The van der Waals surface area contributed by atoms with Crippen LogP contribution in [0.4, 0.5) is 5.69 Å². The summed E-state index contributed by atoms with van der Waals surface area (Å²) in [5, 5.41) is 5.10. The Morgan fingerprint density at radius 1 is 1.15 bits per heavy atom. The molecule has 2 aromatic carbocycles. The Kier molecular flexibility index (Phi) is 3.46. The first-order chi connectivity index (χ1) is 9.70. The molecule has 0 aliphatic heterocycles. The highest BCUT2D eigenvalue weighted by atomic mass is 32.1. The molecule has 0 unspecified atom stereocenters. The summed E-state index contributed by atoms with van der Waals surface area (Å²) in [6.07, 6.45) is 0. The van der Waals surface area contributed by atoms with E-state index in [9.17, 15) is 0 Å². The van der Waals surface area contributed by atoms with E-state index >= 15 is 0 Å². The number of pyridine rings is 1. The first-order valence-corrected chi connectivity index (χ1v) is 6.91. The topological polar surface area (TPSA) is 34.1 Å². The zero-order chi connectivity index (χ0) is 14.1. The molecule has 20 heavy (non-hydrogen) atoms. The van der Waals surface area contributed by atoms with Crippen LogP contribution >= 0.6 is 24.8 Å². The third-order valence-corrected chi connectivity index (χ3v) is 3.34. The normalized spacial score (nSPS) is 10.7. The molecule has 1 aromatic heterocycles. The van der Waals surface area contributed by atoms with Crippen LogP contribution in [0.25, 0.3) is 21.8 Å². The lowest BCUT2D eigenvalue weighted by Crippen LogP contribution is -2.03. The van der Waals surface area contributed by atoms with Gasteiger partial charge in [-0.1, -0.05) is 42.5 Å². The van der Waals surface area contributed by atoms with Crippen LogP contribution in [-0.4, -0.2) is 16.4 Å². The van der Waals surface area contributed by atoms with Crippen molar-refractivity contribution in [2.45, 2.75) is 0 Å². The number of anilines is 1. The highest BCUT2D eigenvalue weighted by Gasteiger charge is 2.12. The van der Waals surface area contributed by atoms with Crippen molar-refractivity contribution in [1.82, 2.24) is 4.98 Å². The number of ether oxygens (including phenoxy) is 1. The second-order valence-electron chi connectivity index (χ2n) is 4.29. The lowest BCUT2D eigenvalue weighted by molar-refractivity contribution is 0.419. The molecular weight excluding hydrogens is 288 g/mol. The zero-order valence-corrected chi connectivity index (χ0v) is 12.5. The van der Waals surface area contributed by atoms with Crippen LogP contribution in [0.1, 0.15) is 0 Å². The van der Waals surface area contributed by atoms with Crippen molar-refractivity contribution in [2.75, 3.05) is 12.4 Å². The van der Waals surface area contributed by atoms with Gasteiger partial charge in [-0.15, -0.1) is 12.6 Å². The zero-order valence-electron chi connectivity index (χ0n) is 10.8. The maximum atomic E-state index is 5.39. The largest absolute Gasteiger partial charge is 0.494 e. The first-order valence-electron chi connectivity index (χ1n) is 6.06. The number of thiol groups is 1. The van der Waals surface area contributed by atoms with Crippen molar-refractivity contribution >= 4 is 56.7 Å². The van der Waals surface area contributed by atoms with Crippen molar-refractivity contribution in [3.63, 3.8) is 0 Å². The van der Waals surface area contributed by atoms with Gasteiger partial charge in [-0.3, -0.25) is 0 Å². The number of aromatic nitrogens is 1. The second kappa shape index (κ2) is 5.26. The standard InChI is InChI=1S/C15H12N2OS2/c1-18-12-8-4-6-10-13(17-15(19)20)9-5-2-3-7-11(9)16-14(10)12/h2-8H,1H3,(H2,16,17,19,20). The van der Waals surface area contributed by atoms with Crippen LogP contribution in [0.15, 0.2) is 42.5 Å². The quantitative estimate of drug-likeness (QED) is 0.425. The first kappa shape index (κ1) is 13.1. The summed E-state index contributed by atoms with van der Waals surface area (Å²) in [6, 6.07) is 13.7. The summed E-state index contributed by atoms with van der Waals surface area (Å²) >= 11 is 9.24. The van der Waals surface area contributed by atoms with Crippen LogP contribution in [0.2, 0.25) is 0 Å². The molecule has 0 radical (unpaired) electrons. The Morgan fingerprint density at radius 3 is 2.65 bits per heavy atom. The van der Waals surface area contributed by atoms with Gasteiger partial charge in [0.05, 0.1) is 18.3 Å². The van der Waals surface area contributed by atoms with Gasteiger partial charge in [0.1, 0.15) is 15.6 Å². The van der Waals surface area contributed by atoms with E-state index in [1.165, 1.54) is 0 Å². The summed E-state index contributed by atoms with van der Waals surface area (Å²) in [5.74, 6) is 0.737. The average molecular weight is 300 g/mol. The third-order valence-electron chi connectivity index (χ3n) is 3.13. The minimum atomic E-state index is 0.422. The van der Waals surface area contributed by atoms with Gasteiger partial charge >= 0.3 is 0 Å². The molecule has 0 fully saturated rings. The summed E-state index contributed by atoms with van der Waals surface area (Å²) in [4.78, 5) is 4.68. The molecule has 0 saturated carbocycles. The number of hydrogen-bond acceptors (Lipinski definition) is 3. The molecule has 3 nitrogen and oxygen atoms in total. The van der Waals surface area contributed by atoms with Crippen molar-refractivity contribution in [3.8, 4) is 5.75 Å². The van der Waals surface area contributed by atoms with Gasteiger partial charge in [0.15, 0.2) is 0 Å². The van der Waals surface area contributed by atoms with Gasteiger partial charge in [-0.2, -0.15) is 0 Å². The average Bonchev–Trinajstić information content (AvgIpc) is 2.46. The molecular formula is C15H12N2OS2. The molecule has 0 saturated heterocycles. The number of nitrogens with one attached hydrogen (secondary N) is 1. The SMILES string of the molecule is COc1cccc2c(NC(=S)S)c3ccccc3nc12. The maximum absolute atomic E-state index is 5.39. The molecule has 3 aromatic rings. The van der Waals surface area contributed by atoms with E-state index < -0.39 is 0 Å². The van der Waals surface area contributed by atoms with Crippen LogP contribution in [0, 0.1) is 0 Å². The molecule has 0 aliphatic rings. The number of para-hydroxylation sites is 2. The highest BCUT2D eigenvalue weighted by Crippen LogP contribution is 2.34. The third kappa shape index (κ3) is 2.19. The summed E-state index contributed by atoms with van der Waals surface area (Å²) in [6.45, 7) is 0. The Bertz CT molecular complexity index is 817. The molecule has 3 rings (SSSR count). The molecule has 1 N–H and O–H groups in total. The molecule has 0 atom stereocenters. The van der Waals surface area contributed by atoms with E-state index in [2.05, 4.69) is 22.9 Å². The van der Waals surface area contributed by atoms with Gasteiger partial charge in [-0.05, 0) is 12.1 Å². The van der Waals surface area contributed by atoms with Gasteiger partial charge < -0.3 is 10.1 Å². The number of nitrogens with zero attached hydrogens (tertiary/aromatic N) is 1. The molecule has 100 valence electrons. The van der Waals surface area contributed by atoms with Crippen molar-refractivity contribution in [2.24, 2.45) is 0 Å². The molecule has 0 aliphatic carbocycles. The van der Waals surface area contributed by atoms with E-state index in [1.54, 1.807) is 7.11 Å². The number of rotatable bonds is 2. The van der Waals surface area contributed by atoms with Crippen LogP contribution < -0.4 is 10.1 Å². The van der Waals surface area contributed by atoms with Gasteiger partial charge in [0.25, 0.3) is 0 Å². The van der Waals surface area contributed by atoms with Crippen molar-refractivity contribution in [1.29, 1.82) is 0 Å². The van der Waals surface area contributed by atoms with E-state index in [1.807, 2.05) is 42.5 Å². The Labute approximate surface area is 127 Å². The minimum Gasteiger partial charge on any atom is -0.494 e. The monoisotopic (exact) mass is 300 g/mol. The number of thiocarbonyl (C=S) groups is 1. The maximum Gasteiger partial charge on any atom is 0.145 e. The van der Waals surface area contributed by atoms with E-state index in [4.69, 9.17) is 17.0 Å². The number of hydrogen-bond donors (Lipinski definition) is 2. The van der Waals surface area contributed by atoms with Gasteiger partial charge in [0, 0.05) is 10.8 Å². The van der Waals surface area contributed by atoms with Crippen LogP contribution in [0.5, 0.6) is 5.75 Å². The Morgan fingerprint density at radius 2 is 1.90 bits per heavy atom.